The first kappa shape index (κ1) is 15.2. The van der Waals surface area contributed by atoms with Gasteiger partial charge in [0.1, 0.15) is 17.5 Å². The highest BCUT2D eigenvalue weighted by Gasteiger charge is 2.10. The summed E-state index contributed by atoms with van der Waals surface area (Å²) in [5.74, 6) is -2.66. The lowest BCUT2D eigenvalue weighted by Gasteiger charge is -2.06. The molecule has 0 heterocycles. The van der Waals surface area contributed by atoms with Gasteiger partial charge in [-0.15, -0.1) is 0 Å². The predicted molar refractivity (Wildman–Crippen MR) is 61.9 cm³/mol. The smallest absolute Gasteiger partial charge is 0.256 e. The van der Waals surface area contributed by atoms with Crippen LogP contribution < -0.4 is 0 Å². The Morgan fingerprint density at radius 3 is 2.28 bits per heavy atom. The van der Waals surface area contributed by atoms with Crippen molar-refractivity contribution in [2.24, 2.45) is 0 Å². The highest BCUT2D eigenvalue weighted by atomic mass is 28.2. The van der Waals surface area contributed by atoms with Crippen molar-refractivity contribution in [3.05, 3.63) is 35.1 Å². The van der Waals surface area contributed by atoms with Crippen molar-refractivity contribution >= 4 is 9.76 Å². The molecule has 0 amide bonds. The Hall–Kier alpha value is -0.893. The minimum atomic E-state index is -1.73. The second kappa shape index (κ2) is 7.52. The Balaban J connectivity index is 2.31. The molecule has 0 aliphatic rings. The van der Waals surface area contributed by atoms with Crippen LogP contribution in [0.2, 0.25) is 6.04 Å². The molecule has 0 radical (unpaired) electrons. The highest BCUT2D eigenvalue weighted by Crippen LogP contribution is 2.17. The molecule has 1 rings (SSSR count). The maximum atomic E-state index is 13.2. The van der Waals surface area contributed by atoms with Crippen LogP contribution >= 0.6 is 0 Å². The van der Waals surface area contributed by atoms with Gasteiger partial charge in [-0.1, -0.05) is 6.42 Å². The summed E-state index contributed by atoms with van der Waals surface area (Å²) in [6, 6.07) is 2.01. The lowest BCUT2D eigenvalue weighted by atomic mass is 10.1. The van der Waals surface area contributed by atoms with Gasteiger partial charge in [-0.05, 0) is 18.9 Å². The maximum Gasteiger partial charge on any atom is 0.256 e. The third-order valence-electron chi connectivity index (χ3n) is 2.44. The molecule has 7 heteroatoms. The average Bonchev–Trinajstić information content (AvgIpc) is 2.25. The van der Waals surface area contributed by atoms with Gasteiger partial charge in [0.05, 0.1) is 0 Å². The van der Waals surface area contributed by atoms with Crippen molar-refractivity contribution in [2.75, 3.05) is 0 Å². The quantitative estimate of drug-likeness (QED) is 0.448. The van der Waals surface area contributed by atoms with E-state index < -0.39 is 33.7 Å². The summed E-state index contributed by atoms with van der Waals surface area (Å²) in [5.41, 5.74) is -0.110. The Kier molecular flexibility index (Phi) is 6.34. The molecule has 0 atom stereocenters. The minimum absolute atomic E-state index is 0.110. The monoisotopic (exact) mass is 280 g/mol. The third-order valence-corrected chi connectivity index (χ3v) is 3.77. The number of halogens is 3. The predicted octanol–water partition coefficient (Wildman–Crippen LogP) is 1.21. The van der Waals surface area contributed by atoms with Gasteiger partial charge >= 0.3 is 0 Å². The van der Waals surface area contributed by atoms with Crippen LogP contribution in [0.3, 0.4) is 0 Å². The Bertz CT molecular complexity index is 365. The fourth-order valence-electron chi connectivity index (χ4n) is 1.58. The van der Waals surface area contributed by atoms with E-state index in [0.29, 0.717) is 31.0 Å². The van der Waals surface area contributed by atoms with Crippen LogP contribution in [0.5, 0.6) is 0 Å². The van der Waals surface area contributed by atoms with Crippen LogP contribution in [0.4, 0.5) is 13.2 Å². The van der Waals surface area contributed by atoms with E-state index in [4.69, 9.17) is 10.2 Å². The molecular formula is C11H15F3O3Si. The molecule has 0 bridgehead atoms. The molecule has 0 aliphatic heterocycles. The molecule has 0 spiro atoms. The SMILES string of the molecule is OC(O)O[SiH2]CCCCc1c(F)cc(F)cc1F. The van der Waals surface area contributed by atoms with Gasteiger partial charge in [-0.3, -0.25) is 0 Å². The molecule has 18 heavy (non-hydrogen) atoms. The second-order valence-corrected chi connectivity index (χ2v) is 5.30. The molecule has 0 saturated heterocycles. The Morgan fingerprint density at radius 2 is 1.72 bits per heavy atom. The number of rotatable bonds is 7. The summed E-state index contributed by atoms with van der Waals surface area (Å²) in [4.78, 5) is 0. The maximum absolute atomic E-state index is 13.2. The minimum Gasteiger partial charge on any atom is -0.379 e. The van der Waals surface area contributed by atoms with Gasteiger partial charge in [-0.2, -0.15) is 0 Å². The van der Waals surface area contributed by atoms with Gasteiger partial charge in [0, 0.05) is 17.7 Å². The van der Waals surface area contributed by atoms with Crippen LogP contribution in [0, 0.1) is 17.5 Å². The van der Waals surface area contributed by atoms with Crippen LogP contribution in [0.25, 0.3) is 0 Å². The molecule has 102 valence electrons. The molecule has 0 fully saturated rings. The van der Waals surface area contributed by atoms with E-state index in [1.165, 1.54) is 0 Å². The molecule has 1 aromatic rings. The first-order valence-corrected chi connectivity index (χ1v) is 7.19. The first-order valence-electron chi connectivity index (χ1n) is 5.62. The van der Waals surface area contributed by atoms with E-state index in [9.17, 15) is 13.2 Å². The normalized spacial score (nSPS) is 11.9. The molecule has 0 aromatic heterocycles. The molecule has 2 N–H and O–H groups in total. The molecule has 0 aliphatic carbocycles. The zero-order chi connectivity index (χ0) is 13.5. The van der Waals surface area contributed by atoms with E-state index in [1.807, 2.05) is 0 Å². The fourth-order valence-corrected chi connectivity index (χ4v) is 2.52. The number of aliphatic hydroxyl groups excluding tert-OH is 1. The van der Waals surface area contributed by atoms with Crippen LogP contribution in [-0.2, 0) is 10.8 Å². The lowest BCUT2D eigenvalue weighted by molar-refractivity contribution is -0.180. The summed E-state index contributed by atoms with van der Waals surface area (Å²) < 4.78 is 43.7. The van der Waals surface area contributed by atoms with E-state index in [0.717, 1.165) is 0 Å². The highest BCUT2D eigenvalue weighted by molar-refractivity contribution is 6.26. The number of benzene rings is 1. The van der Waals surface area contributed by atoms with Crippen molar-refractivity contribution in [3.8, 4) is 0 Å². The summed E-state index contributed by atoms with van der Waals surface area (Å²) in [6.45, 7) is -1.73. The average molecular weight is 280 g/mol. The van der Waals surface area contributed by atoms with Gasteiger partial charge < -0.3 is 14.6 Å². The van der Waals surface area contributed by atoms with Crippen LogP contribution in [0.15, 0.2) is 12.1 Å². The fraction of sp³-hybridized carbons (Fsp3) is 0.455. The van der Waals surface area contributed by atoms with Crippen molar-refractivity contribution < 1.29 is 27.8 Å². The standard InChI is InChI=1S/C11H15F3O3Si/c12-7-5-9(13)8(10(14)6-7)3-1-2-4-18-17-11(15)16/h5-6,11,15-16H,1-4,18H2. The number of hydrogen-bond donors (Lipinski definition) is 2. The van der Waals surface area contributed by atoms with E-state index in [1.54, 1.807) is 0 Å². The Labute approximate surface area is 105 Å². The zero-order valence-corrected chi connectivity index (χ0v) is 11.1. The largest absolute Gasteiger partial charge is 0.379 e. The van der Waals surface area contributed by atoms with Crippen molar-refractivity contribution in [3.63, 3.8) is 0 Å². The summed E-state index contributed by atoms with van der Waals surface area (Å²) in [6.07, 6.45) is 1.40. The third kappa shape index (κ3) is 5.17. The van der Waals surface area contributed by atoms with Gasteiger partial charge in [0.2, 0.25) is 0 Å². The van der Waals surface area contributed by atoms with Gasteiger partial charge in [0.25, 0.3) is 6.48 Å². The van der Waals surface area contributed by atoms with E-state index in [2.05, 4.69) is 4.43 Å². The molecule has 0 unspecified atom stereocenters. The second-order valence-electron chi connectivity index (χ2n) is 3.86. The lowest BCUT2D eigenvalue weighted by Crippen LogP contribution is -2.13. The van der Waals surface area contributed by atoms with Crippen LogP contribution in [0.1, 0.15) is 18.4 Å². The summed E-state index contributed by atoms with van der Waals surface area (Å²) in [7, 11) is -1.01. The number of aliphatic hydroxyl groups is 2. The number of unbranched alkanes of at least 4 members (excludes halogenated alkanes) is 1. The molecule has 0 saturated carbocycles. The first-order chi connectivity index (χ1) is 8.50. The molecular weight excluding hydrogens is 265 g/mol. The zero-order valence-electron chi connectivity index (χ0n) is 9.70. The molecule has 1 aromatic carbocycles. The number of hydrogen-bond acceptors (Lipinski definition) is 3. The Morgan fingerprint density at radius 1 is 1.11 bits per heavy atom. The van der Waals surface area contributed by atoms with Crippen molar-refractivity contribution in [1.82, 2.24) is 0 Å². The molecule has 3 nitrogen and oxygen atoms in total. The van der Waals surface area contributed by atoms with Crippen molar-refractivity contribution in [1.29, 1.82) is 0 Å². The van der Waals surface area contributed by atoms with E-state index >= 15 is 0 Å². The van der Waals surface area contributed by atoms with Crippen LogP contribution in [-0.4, -0.2) is 26.5 Å². The van der Waals surface area contributed by atoms with E-state index in [-0.39, 0.29) is 12.0 Å². The van der Waals surface area contributed by atoms with Gasteiger partial charge in [0.15, 0.2) is 9.76 Å². The summed E-state index contributed by atoms with van der Waals surface area (Å²) in [5, 5.41) is 16.8. The van der Waals surface area contributed by atoms with Crippen molar-refractivity contribution in [2.45, 2.75) is 31.8 Å². The topological polar surface area (TPSA) is 49.7 Å². The summed E-state index contributed by atoms with van der Waals surface area (Å²) >= 11 is 0. The van der Waals surface area contributed by atoms with Gasteiger partial charge in [-0.25, -0.2) is 13.2 Å².